The fraction of sp³-hybridized carbons (Fsp3) is 0. The molecule has 26 aromatic rings. The van der Waals surface area contributed by atoms with E-state index in [1.54, 1.807) is 0 Å². The van der Waals surface area contributed by atoms with Gasteiger partial charge in [0, 0.05) is 92.7 Å². The van der Waals surface area contributed by atoms with Crippen LogP contribution in [0, 0.1) is 0 Å². The Morgan fingerprint density at radius 1 is 0.208 bits per heavy atom. The van der Waals surface area contributed by atoms with Crippen molar-refractivity contribution >= 4 is 164 Å². The summed E-state index contributed by atoms with van der Waals surface area (Å²) in [5.74, 6) is 0.654. The molecule has 6 aromatic heterocycles. The Morgan fingerprint density at radius 2 is 0.544 bits per heavy atom. The molecule has 9 heteroatoms. The lowest BCUT2D eigenvalue weighted by atomic mass is 9.90. The molecule has 6 heterocycles. The van der Waals surface area contributed by atoms with Gasteiger partial charge in [-0.3, -0.25) is 4.57 Å². The van der Waals surface area contributed by atoms with Crippen molar-refractivity contribution in [3.05, 3.63) is 442 Å². The molecule has 0 saturated heterocycles. The molecule has 125 heavy (non-hydrogen) atoms. The average Bonchev–Trinajstić information content (AvgIpc) is 1.58. The first-order valence-corrected chi connectivity index (χ1v) is 42.7. The third-order valence-corrected chi connectivity index (χ3v) is 25.2. The number of para-hydroxylation sites is 6. The minimum absolute atomic E-state index is 0.280. The quantitative estimate of drug-likeness (QED) is 0.146. The summed E-state index contributed by atoms with van der Waals surface area (Å²) >= 11 is 5.95. The van der Waals surface area contributed by atoms with Crippen LogP contribution in [0.2, 0.25) is 5.28 Å². The molecule has 0 aliphatic heterocycles. The smallest absolute Gasteiger partial charge is 0.235 e. The minimum atomic E-state index is 0.280. The fourth-order valence-corrected chi connectivity index (χ4v) is 19.7. The lowest BCUT2D eigenvalue weighted by Gasteiger charge is -2.16. The van der Waals surface area contributed by atoms with Crippen molar-refractivity contribution < 1.29 is 0 Å². The predicted molar refractivity (Wildman–Crippen MR) is 526 cm³/mol. The molecule has 26 rings (SSSR count). The van der Waals surface area contributed by atoms with E-state index in [1.807, 2.05) is 60.7 Å². The largest absolute Gasteiger partial charge is 0.354 e. The van der Waals surface area contributed by atoms with Gasteiger partial charge in [-0.2, -0.15) is 0 Å². The summed E-state index contributed by atoms with van der Waals surface area (Å²) in [6, 6.07) is 156. The molecule has 20 aromatic carbocycles. The topological polar surface area (TPSA) is 82.1 Å². The highest BCUT2D eigenvalue weighted by molar-refractivity contribution is 6.31. The number of benzene rings is 20. The third-order valence-electron chi connectivity index (χ3n) is 25.1. The number of hydrogen-bond acceptors (Lipinski definition) is 4. The second kappa shape index (κ2) is 30.1. The number of fused-ring (bicyclic) bond motifs is 22. The van der Waals surface area contributed by atoms with Crippen molar-refractivity contribution in [2.45, 2.75) is 0 Å². The van der Waals surface area contributed by atoms with Crippen molar-refractivity contribution in [3.8, 4) is 84.3 Å². The maximum Gasteiger partial charge on any atom is 0.235 e. The summed E-state index contributed by atoms with van der Waals surface area (Å²) in [5, 5.41) is 22.0. The van der Waals surface area contributed by atoms with Gasteiger partial charge in [-0.15, -0.1) is 0 Å². The monoisotopic (exact) mass is 1610 g/mol. The van der Waals surface area contributed by atoms with Crippen molar-refractivity contribution in [1.82, 2.24) is 38.6 Å². The number of nitrogens with zero attached hydrogens (tertiary/aromatic N) is 7. The Balaban J connectivity index is 0.000000121. The van der Waals surface area contributed by atoms with Crippen LogP contribution in [-0.2, 0) is 0 Å². The number of aromatic nitrogens is 8. The van der Waals surface area contributed by atoms with Crippen LogP contribution in [-0.4, -0.2) is 38.6 Å². The van der Waals surface area contributed by atoms with E-state index in [4.69, 9.17) is 21.6 Å². The van der Waals surface area contributed by atoms with Gasteiger partial charge in [-0.25, -0.2) is 19.9 Å². The van der Waals surface area contributed by atoms with Crippen LogP contribution in [0.1, 0.15) is 0 Å². The van der Waals surface area contributed by atoms with Crippen LogP contribution in [0.4, 0.5) is 0 Å². The molecular formula is C116H73ClN8. The van der Waals surface area contributed by atoms with E-state index in [9.17, 15) is 0 Å². The van der Waals surface area contributed by atoms with E-state index < -0.39 is 0 Å². The molecule has 0 fully saturated rings. The highest BCUT2D eigenvalue weighted by atomic mass is 35.5. The molecular weight excluding hydrogens is 1540 g/mol. The number of aromatic amines is 1. The lowest BCUT2D eigenvalue weighted by Crippen LogP contribution is -2.03. The zero-order valence-corrected chi connectivity index (χ0v) is 68.3. The van der Waals surface area contributed by atoms with E-state index >= 15 is 0 Å². The number of rotatable bonds is 9. The molecule has 584 valence electrons. The highest BCUT2D eigenvalue weighted by Crippen LogP contribution is 2.50. The van der Waals surface area contributed by atoms with Gasteiger partial charge in [0.15, 0.2) is 0 Å². The molecule has 0 unspecified atom stereocenters. The van der Waals surface area contributed by atoms with E-state index in [-0.39, 0.29) is 5.28 Å². The summed E-state index contributed by atoms with van der Waals surface area (Å²) in [6.45, 7) is 0. The van der Waals surface area contributed by atoms with Gasteiger partial charge in [0.1, 0.15) is 0 Å². The molecule has 0 radical (unpaired) electrons. The van der Waals surface area contributed by atoms with Crippen LogP contribution in [0.15, 0.2) is 437 Å². The molecule has 0 bridgehead atoms. The van der Waals surface area contributed by atoms with Crippen molar-refractivity contribution in [2.24, 2.45) is 0 Å². The van der Waals surface area contributed by atoms with Crippen molar-refractivity contribution in [3.63, 3.8) is 0 Å². The Labute approximate surface area is 723 Å². The van der Waals surface area contributed by atoms with Gasteiger partial charge in [0.05, 0.1) is 61.0 Å². The minimum Gasteiger partial charge on any atom is -0.354 e. The number of nitrogens with one attached hydrogen (secondary N) is 1. The van der Waals surface area contributed by atoms with Crippen LogP contribution in [0.3, 0.4) is 0 Å². The first kappa shape index (κ1) is 72.6. The van der Waals surface area contributed by atoms with Gasteiger partial charge >= 0.3 is 0 Å². The van der Waals surface area contributed by atoms with Crippen LogP contribution < -0.4 is 0 Å². The summed E-state index contributed by atoms with van der Waals surface area (Å²) in [6.07, 6.45) is 0. The third kappa shape index (κ3) is 12.2. The Morgan fingerprint density at radius 3 is 1.04 bits per heavy atom. The molecule has 1 N–H and O–H groups in total. The molecule has 0 saturated carbocycles. The van der Waals surface area contributed by atoms with Crippen LogP contribution in [0.25, 0.3) is 236 Å². The number of halogens is 1. The Kier molecular flexibility index (Phi) is 17.5. The molecule has 0 amide bonds. The predicted octanol–water partition coefficient (Wildman–Crippen LogP) is 31.1. The first-order valence-electron chi connectivity index (χ1n) is 42.4. The SMILES string of the molecule is Clc1nc(-c2ccccc2)c2ccccc2n1.c1ccc(-c2ccc(-n3c4ccccc4c4c5ccccc5c(-c5cc6c7ccccc7[nH]c6c6ccccc56)cc43)cc2)cc1.c1ccc(-c2ccc(-n3c4ccccc4c4c5ccccc5c(-c5cc6c7ccccc7n(-c7nc(-c8ccccc8)c8ccccc8n7)c6c6ccccc56)cc43)cc2)cc1. The molecule has 0 aliphatic carbocycles. The normalized spacial score (nSPS) is 11.7. The summed E-state index contributed by atoms with van der Waals surface area (Å²) in [5.41, 5.74) is 27.0. The summed E-state index contributed by atoms with van der Waals surface area (Å²) in [4.78, 5) is 23.0. The molecule has 8 nitrogen and oxygen atoms in total. The Bertz CT molecular complexity index is 8780. The maximum absolute atomic E-state index is 5.95. The van der Waals surface area contributed by atoms with Gasteiger partial charge in [-0.1, -0.05) is 352 Å². The van der Waals surface area contributed by atoms with Crippen LogP contribution in [0.5, 0.6) is 0 Å². The zero-order chi connectivity index (χ0) is 82.6. The van der Waals surface area contributed by atoms with E-state index in [2.05, 4.69) is 405 Å². The van der Waals surface area contributed by atoms with E-state index in [1.165, 1.54) is 148 Å². The second-order valence-corrected chi connectivity index (χ2v) is 32.4. The summed E-state index contributed by atoms with van der Waals surface area (Å²) < 4.78 is 7.18. The molecule has 0 spiro atoms. The maximum atomic E-state index is 5.95. The van der Waals surface area contributed by atoms with E-state index in [0.717, 1.165) is 82.9 Å². The summed E-state index contributed by atoms with van der Waals surface area (Å²) in [7, 11) is 0. The lowest BCUT2D eigenvalue weighted by molar-refractivity contribution is 1.02. The molecule has 0 aliphatic rings. The average molecular weight is 1610 g/mol. The molecule has 0 atom stereocenters. The van der Waals surface area contributed by atoms with Gasteiger partial charge < -0.3 is 14.1 Å². The van der Waals surface area contributed by atoms with Gasteiger partial charge in [0.25, 0.3) is 0 Å². The van der Waals surface area contributed by atoms with Crippen LogP contribution >= 0.6 is 11.6 Å². The zero-order valence-electron chi connectivity index (χ0n) is 67.6. The Hall–Kier alpha value is -16.4. The van der Waals surface area contributed by atoms with Crippen molar-refractivity contribution in [1.29, 1.82) is 0 Å². The standard InChI is InChI=1S/C58H36N4.C44H28N2.C14H9ClN2/c1-3-17-37(18-4-1)38-31-33-40(34-32-38)61-53-30-16-13-27-47(53)55-44-24-9-7-21-41(44)49(36-54(55)61)48-35-50-43-23-12-15-29-52(43)62(57(50)45-25-10-8-22-42(45)48)58-59-51-28-14-11-26-46(51)56(60-58)39-19-5-2-6-20-39;1-2-12-28(13-3-1)29-22-24-30(25-23-29)46-41-21-11-9-19-36(41)43-34-17-6-4-14-31(34)38(27-42(43)46)37-26-39-33-16-8-10-20-40(33)45-44(39)35-18-7-5-15-32(35)37;15-14-16-12-9-5-4-8-11(12)13(17-14)10-6-2-1-3-7-10/h1-36H;1-27,45H;1-9H. The van der Waals surface area contributed by atoms with Crippen molar-refractivity contribution in [2.75, 3.05) is 0 Å². The highest BCUT2D eigenvalue weighted by Gasteiger charge is 2.26. The van der Waals surface area contributed by atoms with Gasteiger partial charge in [-0.05, 0) is 173 Å². The van der Waals surface area contributed by atoms with Gasteiger partial charge in [0.2, 0.25) is 11.2 Å². The number of H-pyrrole nitrogens is 1. The first-order chi connectivity index (χ1) is 62.0. The van der Waals surface area contributed by atoms with E-state index in [0.29, 0.717) is 5.95 Å². The number of hydrogen-bond donors (Lipinski definition) is 1. The second-order valence-electron chi connectivity index (χ2n) is 32.0. The fourth-order valence-electron chi connectivity index (χ4n) is 19.5.